The zero-order valence-electron chi connectivity index (χ0n) is 24.6. The normalized spacial score (nSPS) is 14.2. The van der Waals surface area contributed by atoms with Crippen LogP contribution in [0.25, 0.3) is 32.3 Å². The molecule has 6 aromatic rings. The molecule has 3 aliphatic heterocycles. The molecule has 0 atom stereocenters. The van der Waals surface area contributed by atoms with Crippen molar-refractivity contribution in [1.82, 2.24) is 16.0 Å². The van der Waals surface area contributed by atoms with Crippen LogP contribution in [0.2, 0.25) is 0 Å². The van der Waals surface area contributed by atoms with Gasteiger partial charge in [0.05, 0.1) is 0 Å². The molecule has 0 saturated heterocycles. The fourth-order valence-electron chi connectivity index (χ4n) is 5.21. The van der Waals surface area contributed by atoms with Gasteiger partial charge in [-0.1, -0.05) is 120 Å². The molecule has 6 heterocycles. The van der Waals surface area contributed by atoms with Crippen LogP contribution in [-0.4, -0.2) is 0 Å². The minimum Gasteiger partial charge on any atom is -0.414 e. The van der Waals surface area contributed by atoms with Gasteiger partial charge in [0.1, 0.15) is 0 Å². The molecular weight excluding hydrogens is 799 g/mol. The molecule has 0 aliphatic carbocycles. The van der Waals surface area contributed by atoms with E-state index in [0.717, 1.165) is 0 Å². The quantitative estimate of drug-likeness (QED) is 0.156. The van der Waals surface area contributed by atoms with Crippen LogP contribution in [0.1, 0.15) is 14.6 Å². The van der Waals surface area contributed by atoms with Gasteiger partial charge < -0.3 is 16.0 Å². The van der Waals surface area contributed by atoms with Gasteiger partial charge in [-0.2, -0.15) is 52.2 Å². The average Bonchev–Trinajstić information content (AvgIpc) is 3.87. The molecule has 46 heavy (non-hydrogen) atoms. The number of hydrogen-bond acceptors (Lipinski definition) is 6. The molecule has 0 spiro atoms. The van der Waals surface area contributed by atoms with Crippen LogP contribution in [0.5, 0.6) is 0 Å². The predicted molar refractivity (Wildman–Crippen MR) is 197 cm³/mol. The third kappa shape index (κ3) is 7.05. The van der Waals surface area contributed by atoms with Crippen LogP contribution in [0.4, 0.5) is 0 Å². The van der Waals surface area contributed by atoms with Crippen molar-refractivity contribution >= 4 is 66.3 Å². The van der Waals surface area contributed by atoms with Gasteiger partial charge in [0.15, 0.2) is 0 Å². The molecule has 0 fully saturated rings. The van der Waals surface area contributed by atoms with Crippen LogP contribution in [0.3, 0.4) is 0 Å². The third-order valence-corrected chi connectivity index (χ3v) is 10.5. The molecule has 228 valence electrons. The molecule has 3 aromatic heterocycles. The average molecular weight is 829 g/mol. The maximum Gasteiger partial charge on any atom is 3.00 e. The molecule has 3 nitrogen and oxygen atoms in total. The van der Waals surface area contributed by atoms with E-state index in [1.165, 1.54) is 65.1 Å². The maximum absolute atomic E-state index is 3.27. The van der Waals surface area contributed by atoms with Gasteiger partial charge in [0.2, 0.25) is 0 Å². The van der Waals surface area contributed by atoms with Gasteiger partial charge in [-0.05, 0) is 34.7 Å². The van der Waals surface area contributed by atoms with Crippen molar-refractivity contribution in [3.63, 3.8) is 0 Å². The number of nitrogens with one attached hydrogen (secondary N) is 3. The van der Waals surface area contributed by atoms with Crippen LogP contribution < -0.4 is 16.0 Å². The van der Waals surface area contributed by atoms with Gasteiger partial charge in [-0.15, -0.1) is 54.7 Å². The number of hydrogen-bond donors (Lipinski definition) is 3. The van der Waals surface area contributed by atoms with E-state index < -0.39 is 0 Å². The number of allylic oxidation sites excluding steroid dienone is 6. The maximum atomic E-state index is 3.27. The number of rotatable bonds is 3. The van der Waals surface area contributed by atoms with Crippen molar-refractivity contribution in [2.45, 2.75) is 0 Å². The van der Waals surface area contributed by atoms with Gasteiger partial charge in [0.25, 0.3) is 0 Å². The Balaban J connectivity index is 0.000000120. The fourth-order valence-corrected chi connectivity index (χ4v) is 8.26. The molecule has 0 unspecified atom stereocenters. The third-order valence-electron chi connectivity index (χ3n) is 7.39. The summed E-state index contributed by atoms with van der Waals surface area (Å²) in [5.41, 5.74) is 0. The SMILES string of the molecule is C1=CN[C-](c2scc3ccccc23)C=C1.C1=CN[C-](c2scc3ccccc23)C=C1.C1=CN[C-](c2scc3ccccc23)C=C1.[Ir+3]. The molecule has 0 saturated carbocycles. The summed E-state index contributed by atoms with van der Waals surface area (Å²) in [5.74, 6) is 0. The summed E-state index contributed by atoms with van der Waals surface area (Å²) in [7, 11) is 0. The van der Waals surface area contributed by atoms with Gasteiger partial charge in [-0.25, -0.2) is 0 Å². The zero-order chi connectivity index (χ0) is 30.3. The minimum atomic E-state index is 0. The second-order valence-corrected chi connectivity index (χ2v) is 12.9. The molecule has 7 heteroatoms. The number of benzene rings is 3. The van der Waals surface area contributed by atoms with Crippen molar-refractivity contribution in [3.8, 4) is 0 Å². The molecule has 3 aliphatic rings. The summed E-state index contributed by atoms with van der Waals surface area (Å²) >= 11 is 5.35. The van der Waals surface area contributed by atoms with Crippen molar-refractivity contribution in [3.05, 3.63) is 195 Å². The molecule has 3 N–H and O–H groups in total. The molecule has 3 aromatic carbocycles. The zero-order valence-corrected chi connectivity index (χ0v) is 29.5. The van der Waals surface area contributed by atoms with Gasteiger partial charge in [0, 0.05) is 0 Å². The monoisotopic (exact) mass is 829 g/mol. The second-order valence-electron chi connectivity index (χ2n) is 10.3. The molecular formula is C39H30IrN3S3. The predicted octanol–water partition coefficient (Wildman–Crippen LogP) is 10.4. The van der Waals surface area contributed by atoms with E-state index in [9.17, 15) is 0 Å². The van der Waals surface area contributed by atoms with Crippen LogP contribution in [0.15, 0.2) is 162 Å². The fraction of sp³-hybridized carbons (Fsp3) is 0. The Bertz CT molecular complexity index is 1850. The number of thiophene rings is 3. The van der Waals surface area contributed by atoms with E-state index in [2.05, 4.69) is 141 Å². The van der Waals surface area contributed by atoms with Crippen LogP contribution in [-0.2, 0) is 20.1 Å². The first-order valence-corrected chi connectivity index (χ1v) is 17.3. The van der Waals surface area contributed by atoms with Crippen molar-refractivity contribution in [2.75, 3.05) is 0 Å². The van der Waals surface area contributed by atoms with Crippen molar-refractivity contribution in [1.29, 1.82) is 0 Å². The number of fused-ring (bicyclic) bond motifs is 3. The van der Waals surface area contributed by atoms with Crippen LogP contribution >= 0.6 is 34.0 Å². The summed E-state index contributed by atoms with van der Waals surface area (Å²) in [6, 6.07) is 29.0. The van der Waals surface area contributed by atoms with E-state index in [-0.39, 0.29) is 20.1 Å². The minimum absolute atomic E-state index is 0. The standard InChI is InChI=1S/3C13H10NS.Ir/c3*1-2-6-11-10(5-1)9-15-13(11)12-7-3-4-8-14-12;/h3*1-9,14H;/q3*-1;+3. The molecule has 0 bridgehead atoms. The van der Waals surface area contributed by atoms with Crippen molar-refractivity contribution < 1.29 is 20.1 Å². The van der Waals surface area contributed by atoms with Crippen LogP contribution in [0, 0.1) is 18.1 Å². The molecule has 0 amide bonds. The Labute approximate surface area is 295 Å². The summed E-state index contributed by atoms with van der Waals surface area (Å²) in [6.07, 6.45) is 24.4. The van der Waals surface area contributed by atoms with E-state index in [1.807, 2.05) is 36.8 Å². The Morgan fingerprint density at radius 2 is 0.696 bits per heavy atom. The van der Waals surface area contributed by atoms with E-state index in [1.54, 1.807) is 34.0 Å². The van der Waals surface area contributed by atoms with Crippen molar-refractivity contribution in [2.24, 2.45) is 0 Å². The topological polar surface area (TPSA) is 36.1 Å². The molecule has 0 radical (unpaired) electrons. The largest absolute Gasteiger partial charge is 3.00 e. The first kappa shape index (κ1) is 31.6. The van der Waals surface area contributed by atoms with E-state index in [0.29, 0.717) is 0 Å². The Morgan fingerprint density at radius 1 is 0.391 bits per heavy atom. The van der Waals surface area contributed by atoms with Gasteiger partial charge >= 0.3 is 20.1 Å². The first-order valence-electron chi connectivity index (χ1n) is 14.6. The smallest absolute Gasteiger partial charge is 0.414 e. The second kappa shape index (κ2) is 15.3. The summed E-state index contributed by atoms with van der Waals surface area (Å²) in [4.78, 5) is 3.93. The summed E-state index contributed by atoms with van der Waals surface area (Å²) in [5, 5.41) is 24.3. The number of dihydropyridines is 3. The van der Waals surface area contributed by atoms with Gasteiger partial charge in [-0.3, -0.25) is 0 Å². The summed E-state index contributed by atoms with van der Waals surface area (Å²) < 4.78 is 0. The summed E-state index contributed by atoms with van der Waals surface area (Å²) in [6.45, 7) is 0. The van der Waals surface area contributed by atoms with E-state index >= 15 is 0 Å². The van der Waals surface area contributed by atoms with E-state index in [4.69, 9.17) is 0 Å². The Hall–Kier alpha value is -4.36. The Kier molecular flexibility index (Phi) is 10.5. The molecule has 9 rings (SSSR count). The first-order chi connectivity index (χ1) is 22.3. The Morgan fingerprint density at radius 3 is 0.978 bits per heavy atom.